The van der Waals surface area contributed by atoms with Crippen LogP contribution in [0.4, 0.5) is 0 Å². The average molecular weight is 257 g/mol. The maximum atomic E-state index is 11.9. The van der Waals surface area contributed by atoms with Crippen molar-refractivity contribution < 1.29 is 4.79 Å². The average Bonchev–Trinajstić information content (AvgIpc) is 3.22. The molecule has 1 N–H and O–H groups in total. The Balaban J connectivity index is 1.88. The number of aromatic nitrogens is 2. The summed E-state index contributed by atoms with van der Waals surface area (Å²) in [6, 6.07) is 7.19. The molecule has 0 radical (unpaired) electrons. The number of para-hydroxylation sites is 1. The van der Waals surface area contributed by atoms with E-state index in [1.807, 2.05) is 12.1 Å². The van der Waals surface area contributed by atoms with Crippen molar-refractivity contribution in [1.82, 2.24) is 14.9 Å². The number of H-pyrrole nitrogens is 1. The van der Waals surface area contributed by atoms with Crippen molar-refractivity contribution in [1.29, 1.82) is 0 Å². The van der Waals surface area contributed by atoms with Gasteiger partial charge in [-0.15, -0.1) is 0 Å². The largest absolute Gasteiger partial charge is 0.338 e. The van der Waals surface area contributed by atoms with Gasteiger partial charge in [0.1, 0.15) is 5.82 Å². The minimum absolute atomic E-state index is 0.135. The Morgan fingerprint density at radius 3 is 2.89 bits per heavy atom. The summed E-state index contributed by atoms with van der Waals surface area (Å²) in [6.07, 6.45) is 1.95. The van der Waals surface area contributed by atoms with Crippen LogP contribution in [0.5, 0.6) is 0 Å². The van der Waals surface area contributed by atoms with E-state index in [9.17, 15) is 9.59 Å². The van der Waals surface area contributed by atoms with Crippen LogP contribution >= 0.6 is 0 Å². The highest BCUT2D eigenvalue weighted by atomic mass is 16.2. The third-order valence-corrected chi connectivity index (χ3v) is 3.35. The van der Waals surface area contributed by atoms with Crippen LogP contribution in [0.3, 0.4) is 0 Å². The van der Waals surface area contributed by atoms with Crippen LogP contribution in [-0.4, -0.2) is 27.8 Å². The standard InChI is InChI=1S/C14H15N3O2/c1-17(14(19)9-6-7-9)8-12-15-11-5-3-2-4-10(11)13(18)16-12/h2-5,9H,6-8H2,1H3,(H,15,16,18). The predicted molar refractivity (Wildman–Crippen MR) is 71.6 cm³/mol. The Bertz CT molecular complexity index is 688. The van der Waals surface area contributed by atoms with Gasteiger partial charge in [-0.25, -0.2) is 4.98 Å². The summed E-state index contributed by atoms with van der Waals surface area (Å²) in [4.78, 5) is 32.5. The van der Waals surface area contributed by atoms with Gasteiger partial charge in [-0.2, -0.15) is 0 Å². The molecule has 1 aliphatic carbocycles. The van der Waals surface area contributed by atoms with E-state index in [1.165, 1.54) is 0 Å². The number of hydrogen-bond acceptors (Lipinski definition) is 3. The van der Waals surface area contributed by atoms with E-state index in [1.54, 1.807) is 24.1 Å². The lowest BCUT2D eigenvalue weighted by atomic mass is 10.2. The van der Waals surface area contributed by atoms with Crippen molar-refractivity contribution in [2.45, 2.75) is 19.4 Å². The molecule has 0 atom stereocenters. The molecule has 1 aromatic carbocycles. The Labute approximate surface area is 110 Å². The molecule has 2 aromatic rings. The number of amides is 1. The van der Waals surface area contributed by atoms with Gasteiger partial charge in [0.15, 0.2) is 0 Å². The molecular weight excluding hydrogens is 242 g/mol. The van der Waals surface area contributed by atoms with Gasteiger partial charge in [0.05, 0.1) is 17.4 Å². The first-order valence-electron chi connectivity index (χ1n) is 6.38. The van der Waals surface area contributed by atoms with Crippen LogP contribution in [-0.2, 0) is 11.3 Å². The fourth-order valence-electron chi connectivity index (χ4n) is 2.15. The van der Waals surface area contributed by atoms with E-state index < -0.39 is 0 Å². The third kappa shape index (κ3) is 2.36. The molecule has 1 heterocycles. The van der Waals surface area contributed by atoms with E-state index in [2.05, 4.69) is 9.97 Å². The first-order chi connectivity index (χ1) is 9.15. The second-order valence-electron chi connectivity index (χ2n) is 5.00. The number of fused-ring (bicyclic) bond motifs is 1. The number of aromatic amines is 1. The van der Waals surface area contributed by atoms with Crippen molar-refractivity contribution in [2.24, 2.45) is 5.92 Å². The van der Waals surface area contributed by atoms with Gasteiger partial charge in [-0.05, 0) is 25.0 Å². The Morgan fingerprint density at radius 2 is 2.16 bits per heavy atom. The molecule has 0 saturated heterocycles. The zero-order valence-corrected chi connectivity index (χ0v) is 10.7. The molecule has 5 heteroatoms. The normalized spacial score (nSPS) is 14.6. The first-order valence-corrected chi connectivity index (χ1v) is 6.38. The molecule has 1 aromatic heterocycles. The fourth-order valence-corrected chi connectivity index (χ4v) is 2.15. The fraction of sp³-hybridized carbons (Fsp3) is 0.357. The van der Waals surface area contributed by atoms with Crippen molar-refractivity contribution in [3.8, 4) is 0 Å². The lowest BCUT2D eigenvalue weighted by molar-refractivity contribution is -0.131. The van der Waals surface area contributed by atoms with E-state index in [-0.39, 0.29) is 17.4 Å². The van der Waals surface area contributed by atoms with Crippen LogP contribution < -0.4 is 5.56 Å². The molecule has 3 rings (SSSR count). The Morgan fingerprint density at radius 1 is 1.42 bits per heavy atom. The molecule has 5 nitrogen and oxygen atoms in total. The predicted octanol–water partition coefficient (Wildman–Crippen LogP) is 1.29. The highest BCUT2D eigenvalue weighted by Crippen LogP contribution is 2.30. The molecule has 1 amide bonds. The molecule has 1 saturated carbocycles. The molecule has 0 bridgehead atoms. The van der Waals surface area contributed by atoms with Gasteiger partial charge in [0.2, 0.25) is 5.91 Å². The number of carbonyl (C=O) groups excluding carboxylic acids is 1. The second-order valence-corrected chi connectivity index (χ2v) is 5.00. The molecule has 1 aliphatic rings. The molecule has 1 fully saturated rings. The number of carbonyl (C=O) groups is 1. The zero-order chi connectivity index (χ0) is 13.4. The SMILES string of the molecule is CN(Cc1nc2ccccc2c(=O)[nH]1)C(=O)C1CC1. The van der Waals surface area contributed by atoms with Gasteiger partial charge < -0.3 is 9.88 Å². The number of hydrogen-bond donors (Lipinski definition) is 1. The van der Waals surface area contributed by atoms with E-state index in [0.717, 1.165) is 12.8 Å². The van der Waals surface area contributed by atoms with Crippen LogP contribution in [0.15, 0.2) is 29.1 Å². The summed E-state index contributed by atoms with van der Waals surface area (Å²) in [5.41, 5.74) is 0.501. The molecule has 0 aliphatic heterocycles. The maximum absolute atomic E-state index is 11.9. The highest BCUT2D eigenvalue weighted by molar-refractivity contribution is 5.81. The van der Waals surface area contributed by atoms with E-state index in [0.29, 0.717) is 23.3 Å². The van der Waals surface area contributed by atoms with E-state index in [4.69, 9.17) is 0 Å². The topological polar surface area (TPSA) is 66.1 Å². The smallest absolute Gasteiger partial charge is 0.258 e. The van der Waals surface area contributed by atoms with Crippen LogP contribution in [0.2, 0.25) is 0 Å². The summed E-state index contributed by atoms with van der Waals surface area (Å²) >= 11 is 0. The molecule has 0 spiro atoms. The maximum Gasteiger partial charge on any atom is 0.258 e. The lowest BCUT2D eigenvalue weighted by Crippen LogP contribution is -2.29. The summed E-state index contributed by atoms with van der Waals surface area (Å²) in [6.45, 7) is 0.343. The lowest BCUT2D eigenvalue weighted by Gasteiger charge is -2.16. The van der Waals surface area contributed by atoms with Crippen molar-refractivity contribution >= 4 is 16.8 Å². The van der Waals surface area contributed by atoms with E-state index >= 15 is 0 Å². The highest BCUT2D eigenvalue weighted by Gasteiger charge is 2.32. The minimum Gasteiger partial charge on any atom is -0.338 e. The quantitative estimate of drug-likeness (QED) is 0.901. The molecular formula is C14H15N3O2. The number of nitrogens with one attached hydrogen (secondary N) is 1. The van der Waals surface area contributed by atoms with Crippen molar-refractivity contribution in [2.75, 3.05) is 7.05 Å². The van der Waals surface area contributed by atoms with Gasteiger partial charge in [-0.1, -0.05) is 12.1 Å². The molecule has 0 unspecified atom stereocenters. The summed E-state index contributed by atoms with van der Waals surface area (Å²) in [5.74, 6) is 0.841. The monoisotopic (exact) mass is 257 g/mol. The van der Waals surface area contributed by atoms with Crippen molar-refractivity contribution in [3.05, 3.63) is 40.4 Å². The summed E-state index contributed by atoms with van der Waals surface area (Å²) in [7, 11) is 1.75. The summed E-state index contributed by atoms with van der Waals surface area (Å²) in [5, 5.41) is 0.572. The van der Waals surface area contributed by atoms with Crippen molar-refractivity contribution in [3.63, 3.8) is 0 Å². The Hall–Kier alpha value is -2.17. The Kier molecular flexibility index (Phi) is 2.81. The zero-order valence-electron chi connectivity index (χ0n) is 10.7. The van der Waals surface area contributed by atoms with Gasteiger partial charge >= 0.3 is 0 Å². The second kappa shape index (κ2) is 4.50. The molecule has 98 valence electrons. The summed E-state index contributed by atoms with van der Waals surface area (Å²) < 4.78 is 0. The number of benzene rings is 1. The molecule has 19 heavy (non-hydrogen) atoms. The minimum atomic E-state index is -0.159. The number of nitrogens with zero attached hydrogens (tertiary/aromatic N) is 2. The van der Waals surface area contributed by atoms with Gasteiger partial charge in [-0.3, -0.25) is 9.59 Å². The van der Waals surface area contributed by atoms with Crippen LogP contribution in [0.1, 0.15) is 18.7 Å². The van der Waals surface area contributed by atoms with Gasteiger partial charge in [0.25, 0.3) is 5.56 Å². The first kappa shape index (κ1) is 11.9. The van der Waals surface area contributed by atoms with Gasteiger partial charge in [0, 0.05) is 13.0 Å². The van der Waals surface area contributed by atoms with Crippen LogP contribution in [0, 0.1) is 5.92 Å². The third-order valence-electron chi connectivity index (χ3n) is 3.35. The number of rotatable bonds is 3. The van der Waals surface area contributed by atoms with Crippen LogP contribution in [0.25, 0.3) is 10.9 Å².